The second-order valence-electron chi connectivity index (χ2n) is 9.69. The first-order valence-electron chi connectivity index (χ1n) is 11.6. The number of aliphatic hydroxyl groups is 1. The minimum Gasteiger partial charge on any atom is -0.391 e. The summed E-state index contributed by atoms with van der Waals surface area (Å²) in [6.45, 7) is 2.34. The summed E-state index contributed by atoms with van der Waals surface area (Å²) in [4.78, 5) is 15.6. The highest BCUT2D eigenvalue weighted by Crippen LogP contribution is 2.39. The molecule has 1 aromatic carbocycles. The van der Waals surface area contributed by atoms with Crippen molar-refractivity contribution in [3.63, 3.8) is 0 Å². The highest BCUT2D eigenvalue weighted by atomic mass is 16.3. The van der Waals surface area contributed by atoms with E-state index in [1.54, 1.807) is 12.1 Å². The van der Waals surface area contributed by atoms with Crippen LogP contribution in [0.5, 0.6) is 0 Å². The van der Waals surface area contributed by atoms with E-state index in [-0.39, 0.29) is 23.8 Å². The zero-order chi connectivity index (χ0) is 22.4. The minimum atomic E-state index is -0.312. The molecule has 1 N–H and O–H groups in total. The first-order chi connectivity index (χ1) is 15.5. The molecule has 1 saturated carbocycles. The van der Waals surface area contributed by atoms with Crippen LogP contribution in [0.4, 0.5) is 0 Å². The van der Waals surface area contributed by atoms with Crippen LogP contribution in [0.1, 0.15) is 59.4 Å². The summed E-state index contributed by atoms with van der Waals surface area (Å²) in [7, 11) is 0. The molecule has 0 amide bonds. The molecule has 3 heterocycles. The normalized spacial score (nSPS) is 28.8. The molecule has 1 aliphatic carbocycles. The number of ketones is 1. The molecule has 164 valence electrons. The van der Waals surface area contributed by atoms with E-state index in [9.17, 15) is 9.90 Å². The maximum absolute atomic E-state index is 13.4. The van der Waals surface area contributed by atoms with Gasteiger partial charge in [0.15, 0.2) is 5.78 Å². The molecular formula is C26H28N4O2. The molecule has 6 heteroatoms. The van der Waals surface area contributed by atoms with Crippen LogP contribution >= 0.6 is 0 Å². The Morgan fingerprint density at radius 1 is 1.16 bits per heavy atom. The number of hydrogen-bond acceptors (Lipinski definition) is 5. The third-order valence-electron chi connectivity index (χ3n) is 7.77. The maximum atomic E-state index is 13.4. The average Bonchev–Trinajstić information content (AvgIpc) is 3.40. The van der Waals surface area contributed by atoms with Gasteiger partial charge in [-0.15, -0.1) is 0 Å². The number of hydrogen-bond donors (Lipinski definition) is 1. The SMILES string of the molecule is Cc1c(C(=O)CN2C3CCC2[C@@H](O)C3)cc(CC2CC(C#N)C2)n1-c1ccc(C#N)cc1. The second-order valence-corrected chi connectivity index (χ2v) is 9.69. The van der Waals surface area contributed by atoms with Gasteiger partial charge >= 0.3 is 0 Å². The molecule has 0 radical (unpaired) electrons. The number of rotatable bonds is 6. The van der Waals surface area contributed by atoms with Crippen LogP contribution in [0.25, 0.3) is 5.69 Å². The summed E-state index contributed by atoms with van der Waals surface area (Å²) in [5, 5.41) is 28.5. The number of Topliss-reactive ketones (excluding diaryl/α,β-unsaturated/α-hetero) is 1. The lowest BCUT2D eigenvalue weighted by molar-refractivity contribution is 0.0873. The van der Waals surface area contributed by atoms with Gasteiger partial charge in [0.2, 0.25) is 0 Å². The van der Waals surface area contributed by atoms with Gasteiger partial charge in [-0.3, -0.25) is 9.69 Å². The standard InChI is InChI=1S/C26H28N4O2/c1-16-23(26(32)15-29-21-6-7-24(29)25(31)12-21)11-22(10-18-8-19(9-18)14-28)30(16)20-4-2-17(13-27)3-5-20/h2-5,11,18-19,21,24-25,31H,6-10,12,15H2,1H3/t18?,19?,21?,24?,25-/m0/s1. The van der Waals surface area contributed by atoms with E-state index in [2.05, 4.69) is 21.6 Å². The van der Waals surface area contributed by atoms with E-state index in [1.807, 2.05) is 25.1 Å². The van der Waals surface area contributed by atoms with Crippen molar-refractivity contribution in [3.8, 4) is 17.8 Å². The number of nitrogens with zero attached hydrogens (tertiary/aromatic N) is 4. The molecule has 3 aliphatic rings. The summed E-state index contributed by atoms with van der Waals surface area (Å²) in [6.07, 6.45) is 5.15. The van der Waals surface area contributed by atoms with Crippen molar-refractivity contribution < 1.29 is 9.90 Å². The molecule has 3 fully saturated rings. The Balaban J connectivity index is 1.44. The Bertz CT molecular complexity index is 1110. The van der Waals surface area contributed by atoms with Crippen LogP contribution in [0.2, 0.25) is 0 Å². The highest BCUT2D eigenvalue weighted by Gasteiger charge is 2.46. The van der Waals surface area contributed by atoms with Gasteiger partial charge in [0, 0.05) is 40.6 Å². The van der Waals surface area contributed by atoms with Crippen LogP contribution in [-0.2, 0) is 6.42 Å². The Kier molecular flexibility index (Phi) is 5.37. The summed E-state index contributed by atoms with van der Waals surface area (Å²) in [5.74, 6) is 0.710. The molecule has 3 atom stereocenters. The summed E-state index contributed by atoms with van der Waals surface area (Å²) in [6, 6.07) is 14.4. The van der Waals surface area contributed by atoms with Gasteiger partial charge < -0.3 is 9.67 Å². The highest BCUT2D eigenvalue weighted by molar-refractivity contribution is 5.99. The van der Waals surface area contributed by atoms with E-state index < -0.39 is 0 Å². The van der Waals surface area contributed by atoms with Gasteiger partial charge in [-0.2, -0.15) is 10.5 Å². The van der Waals surface area contributed by atoms with Crippen molar-refractivity contribution in [1.29, 1.82) is 10.5 Å². The van der Waals surface area contributed by atoms with Crippen molar-refractivity contribution in [2.24, 2.45) is 11.8 Å². The summed E-state index contributed by atoms with van der Waals surface area (Å²) >= 11 is 0. The van der Waals surface area contributed by atoms with E-state index in [1.165, 1.54) is 0 Å². The molecule has 6 nitrogen and oxygen atoms in total. The fourth-order valence-corrected chi connectivity index (χ4v) is 6.02. The van der Waals surface area contributed by atoms with Gasteiger partial charge in [0.05, 0.1) is 30.4 Å². The number of aliphatic hydroxyl groups excluding tert-OH is 1. The summed E-state index contributed by atoms with van der Waals surface area (Å²) < 4.78 is 2.14. The van der Waals surface area contributed by atoms with Gasteiger partial charge in [0.25, 0.3) is 0 Å². The molecule has 0 spiro atoms. The molecule has 5 rings (SSSR count). The minimum absolute atomic E-state index is 0.102. The Hall–Kier alpha value is -2.93. The molecule has 2 saturated heterocycles. The first-order valence-corrected chi connectivity index (χ1v) is 11.6. The number of benzene rings is 1. The van der Waals surface area contributed by atoms with Crippen molar-refractivity contribution in [2.45, 2.75) is 63.6 Å². The van der Waals surface area contributed by atoms with Crippen molar-refractivity contribution >= 4 is 5.78 Å². The van der Waals surface area contributed by atoms with E-state index in [0.717, 1.165) is 61.2 Å². The second kappa shape index (κ2) is 8.20. The quantitative estimate of drug-likeness (QED) is 0.711. The zero-order valence-electron chi connectivity index (χ0n) is 18.4. The first kappa shape index (κ1) is 20.9. The third-order valence-corrected chi connectivity index (χ3v) is 7.77. The van der Waals surface area contributed by atoms with E-state index >= 15 is 0 Å². The van der Waals surface area contributed by atoms with Gasteiger partial charge in [-0.05, 0) is 81.7 Å². The topological polar surface area (TPSA) is 93.1 Å². The molecule has 2 unspecified atom stereocenters. The Labute approximate surface area is 188 Å². The molecular weight excluding hydrogens is 400 g/mol. The smallest absolute Gasteiger partial charge is 0.178 e. The fraction of sp³-hybridized carbons (Fsp3) is 0.500. The van der Waals surface area contributed by atoms with Crippen LogP contribution in [0.15, 0.2) is 30.3 Å². The predicted molar refractivity (Wildman–Crippen MR) is 119 cm³/mol. The third kappa shape index (κ3) is 3.54. The number of nitriles is 2. The molecule has 2 aliphatic heterocycles. The lowest BCUT2D eigenvalue weighted by atomic mass is 9.73. The fourth-order valence-electron chi connectivity index (χ4n) is 6.02. The largest absolute Gasteiger partial charge is 0.391 e. The molecule has 2 bridgehead atoms. The van der Waals surface area contributed by atoms with Crippen molar-refractivity contribution in [3.05, 3.63) is 52.8 Å². The van der Waals surface area contributed by atoms with E-state index in [4.69, 9.17) is 10.5 Å². The number of aromatic nitrogens is 1. The number of carbonyl (C=O) groups excluding carboxylic acids is 1. The van der Waals surface area contributed by atoms with Crippen molar-refractivity contribution in [2.75, 3.05) is 6.54 Å². The van der Waals surface area contributed by atoms with Gasteiger partial charge in [-0.1, -0.05) is 0 Å². The lowest BCUT2D eigenvalue weighted by Crippen LogP contribution is -2.36. The van der Waals surface area contributed by atoms with Crippen molar-refractivity contribution in [1.82, 2.24) is 9.47 Å². The van der Waals surface area contributed by atoms with Gasteiger partial charge in [0.1, 0.15) is 0 Å². The summed E-state index contributed by atoms with van der Waals surface area (Å²) in [5.41, 5.74) is 4.29. The zero-order valence-corrected chi connectivity index (χ0v) is 18.4. The van der Waals surface area contributed by atoms with Gasteiger partial charge in [-0.25, -0.2) is 0 Å². The molecule has 1 aromatic heterocycles. The average molecular weight is 429 g/mol. The monoisotopic (exact) mass is 428 g/mol. The number of carbonyl (C=O) groups is 1. The Morgan fingerprint density at radius 3 is 2.50 bits per heavy atom. The van der Waals surface area contributed by atoms with Crippen LogP contribution in [0.3, 0.4) is 0 Å². The molecule has 32 heavy (non-hydrogen) atoms. The van der Waals surface area contributed by atoms with Crippen LogP contribution in [-0.4, -0.2) is 45.1 Å². The number of fused-ring (bicyclic) bond motifs is 2. The molecule has 2 aromatic rings. The Morgan fingerprint density at radius 2 is 1.91 bits per heavy atom. The van der Waals surface area contributed by atoms with Crippen LogP contribution < -0.4 is 0 Å². The lowest BCUT2D eigenvalue weighted by Gasteiger charge is -2.31. The maximum Gasteiger partial charge on any atom is 0.178 e. The van der Waals surface area contributed by atoms with E-state index in [0.29, 0.717) is 24.1 Å². The van der Waals surface area contributed by atoms with Crippen LogP contribution in [0, 0.1) is 41.4 Å². The predicted octanol–water partition coefficient (Wildman–Crippen LogP) is 3.53.